The van der Waals surface area contributed by atoms with Crippen LogP contribution in [0.2, 0.25) is 0 Å². The second-order valence-corrected chi connectivity index (χ2v) is 4.17. The zero-order valence-corrected chi connectivity index (χ0v) is 10.8. The Morgan fingerprint density at radius 2 is 2.12 bits per heavy atom. The fraction of sp³-hybridized carbons (Fsp3) is 0.462. The molecule has 4 nitrogen and oxygen atoms in total. The molecule has 0 heterocycles. The van der Waals surface area contributed by atoms with E-state index in [9.17, 15) is 4.79 Å². The monoisotopic (exact) mass is 236 g/mol. The van der Waals surface area contributed by atoms with E-state index in [0.29, 0.717) is 6.61 Å². The van der Waals surface area contributed by atoms with Gasteiger partial charge in [-0.05, 0) is 39.3 Å². The van der Waals surface area contributed by atoms with Crippen LogP contribution in [0.4, 0.5) is 10.5 Å². The highest BCUT2D eigenvalue weighted by atomic mass is 16.5. The van der Waals surface area contributed by atoms with Gasteiger partial charge in [0.1, 0.15) is 5.75 Å². The smallest absolute Gasteiger partial charge is 0.319 e. The maximum absolute atomic E-state index is 11.5. The van der Waals surface area contributed by atoms with Gasteiger partial charge < -0.3 is 15.4 Å². The van der Waals surface area contributed by atoms with Crippen molar-refractivity contribution < 1.29 is 9.53 Å². The van der Waals surface area contributed by atoms with Gasteiger partial charge in [0.05, 0.1) is 6.61 Å². The highest BCUT2D eigenvalue weighted by molar-refractivity contribution is 5.89. The summed E-state index contributed by atoms with van der Waals surface area (Å²) in [6.45, 7) is 8.36. The van der Waals surface area contributed by atoms with Gasteiger partial charge in [0.2, 0.25) is 0 Å². The first-order valence-corrected chi connectivity index (χ1v) is 5.84. The van der Waals surface area contributed by atoms with E-state index in [0.717, 1.165) is 17.0 Å². The van der Waals surface area contributed by atoms with Crippen LogP contribution in [0.3, 0.4) is 0 Å². The highest BCUT2D eigenvalue weighted by Crippen LogP contribution is 2.22. The van der Waals surface area contributed by atoms with Crippen LogP contribution in [0.25, 0.3) is 0 Å². The molecule has 0 spiro atoms. The molecule has 17 heavy (non-hydrogen) atoms. The number of urea groups is 1. The van der Waals surface area contributed by atoms with Crippen molar-refractivity contribution in [2.45, 2.75) is 33.7 Å². The Labute approximate surface area is 102 Å². The van der Waals surface area contributed by atoms with Crippen molar-refractivity contribution in [3.05, 3.63) is 23.8 Å². The minimum absolute atomic E-state index is 0.117. The summed E-state index contributed by atoms with van der Waals surface area (Å²) < 4.78 is 5.47. The summed E-state index contributed by atoms with van der Waals surface area (Å²) in [5.41, 5.74) is 1.79. The quantitative estimate of drug-likeness (QED) is 0.844. The minimum Gasteiger partial charge on any atom is -0.494 e. The molecule has 0 aliphatic rings. The first-order chi connectivity index (χ1) is 8.02. The molecule has 1 aromatic carbocycles. The zero-order chi connectivity index (χ0) is 12.8. The molecule has 1 aromatic rings. The van der Waals surface area contributed by atoms with E-state index >= 15 is 0 Å². The summed E-state index contributed by atoms with van der Waals surface area (Å²) in [7, 11) is 0. The number of ether oxygens (including phenoxy) is 1. The second kappa shape index (κ2) is 6.13. The highest BCUT2D eigenvalue weighted by Gasteiger charge is 2.05. The lowest BCUT2D eigenvalue weighted by molar-refractivity contribution is 0.250. The lowest BCUT2D eigenvalue weighted by Crippen LogP contribution is -2.34. The molecule has 0 aliphatic heterocycles. The Bertz CT molecular complexity index is 389. The predicted molar refractivity (Wildman–Crippen MR) is 69.6 cm³/mol. The number of hydrogen-bond donors (Lipinski definition) is 2. The maximum Gasteiger partial charge on any atom is 0.319 e. The van der Waals surface area contributed by atoms with Crippen molar-refractivity contribution >= 4 is 11.7 Å². The Morgan fingerprint density at radius 1 is 1.41 bits per heavy atom. The van der Waals surface area contributed by atoms with Crippen molar-refractivity contribution in [3.8, 4) is 5.75 Å². The molecule has 0 unspecified atom stereocenters. The number of anilines is 1. The third kappa shape index (κ3) is 4.34. The second-order valence-electron chi connectivity index (χ2n) is 4.17. The van der Waals surface area contributed by atoms with Crippen molar-refractivity contribution in [1.82, 2.24) is 5.32 Å². The molecule has 4 heteroatoms. The van der Waals surface area contributed by atoms with Crippen molar-refractivity contribution in [1.29, 1.82) is 0 Å². The summed E-state index contributed by atoms with van der Waals surface area (Å²) in [5.74, 6) is 0.801. The Hall–Kier alpha value is -1.71. The molecule has 0 saturated carbocycles. The van der Waals surface area contributed by atoms with E-state index in [1.807, 2.05) is 45.9 Å². The molecule has 2 N–H and O–H groups in total. The first-order valence-electron chi connectivity index (χ1n) is 5.84. The number of carbonyl (C=O) groups is 1. The van der Waals surface area contributed by atoms with Crippen LogP contribution in [-0.2, 0) is 0 Å². The Morgan fingerprint density at radius 3 is 2.71 bits per heavy atom. The number of rotatable bonds is 4. The van der Waals surface area contributed by atoms with Crippen LogP contribution in [0.5, 0.6) is 5.75 Å². The average Bonchev–Trinajstić information content (AvgIpc) is 2.22. The molecule has 94 valence electrons. The van der Waals surface area contributed by atoms with Gasteiger partial charge >= 0.3 is 6.03 Å². The van der Waals surface area contributed by atoms with Gasteiger partial charge in [-0.15, -0.1) is 0 Å². The van der Waals surface area contributed by atoms with Crippen LogP contribution >= 0.6 is 0 Å². The van der Waals surface area contributed by atoms with E-state index in [2.05, 4.69) is 10.6 Å². The molecule has 0 saturated heterocycles. The van der Waals surface area contributed by atoms with Crippen LogP contribution in [0.15, 0.2) is 18.2 Å². The van der Waals surface area contributed by atoms with Crippen molar-refractivity contribution in [2.75, 3.05) is 11.9 Å². The molecule has 1 rings (SSSR count). The minimum atomic E-state index is -0.202. The Balaban J connectivity index is 2.71. The van der Waals surface area contributed by atoms with E-state index in [1.54, 1.807) is 0 Å². The lowest BCUT2D eigenvalue weighted by atomic mass is 10.2. The van der Waals surface area contributed by atoms with Gasteiger partial charge in [-0.1, -0.05) is 6.07 Å². The number of benzene rings is 1. The van der Waals surface area contributed by atoms with E-state index < -0.39 is 0 Å². The van der Waals surface area contributed by atoms with Crippen LogP contribution in [-0.4, -0.2) is 18.7 Å². The average molecular weight is 236 g/mol. The molecule has 0 aliphatic carbocycles. The number of aryl methyl sites for hydroxylation is 1. The predicted octanol–water partition coefficient (Wildman–Crippen LogP) is 2.92. The van der Waals surface area contributed by atoms with Gasteiger partial charge in [0, 0.05) is 17.8 Å². The van der Waals surface area contributed by atoms with Gasteiger partial charge in [-0.2, -0.15) is 0 Å². The van der Waals surface area contributed by atoms with E-state index in [4.69, 9.17) is 4.74 Å². The third-order valence-corrected chi connectivity index (χ3v) is 2.17. The molecule has 0 bridgehead atoms. The zero-order valence-electron chi connectivity index (χ0n) is 10.8. The summed E-state index contributed by atoms with van der Waals surface area (Å²) in [5, 5.41) is 5.54. The molecular formula is C13H20N2O2. The molecular weight excluding hydrogens is 216 g/mol. The van der Waals surface area contributed by atoms with Gasteiger partial charge in [-0.25, -0.2) is 4.79 Å². The molecule has 2 amide bonds. The van der Waals surface area contributed by atoms with Crippen LogP contribution in [0.1, 0.15) is 26.3 Å². The molecule has 0 fully saturated rings. The number of carbonyl (C=O) groups excluding carboxylic acids is 1. The summed E-state index contributed by atoms with van der Waals surface area (Å²) in [6, 6.07) is 5.53. The fourth-order valence-electron chi connectivity index (χ4n) is 1.42. The van der Waals surface area contributed by atoms with E-state index in [1.165, 1.54) is 0 Å². The van der Waals surface area contributed by atoms with Crippen LogP contribution in [0, 0.1) is 6.92 Å². The van der Waals surface area contributed by atoms with Gasteiger partial charge in [0.15, 0.2) is 0 Å². The largest absolute Gasteiger partial charge is 0.494 e. The van der Waals surface area contributed by atoms with Gasteiger partial charge in [-0.3, -0.25) is 0 Å². The lowest BCUT2D eigenvalue weighted by Gasteiger charge is -2.12. The SMILES string of the molecule is CCOc1cc(NC(=O)NC(C)C)ccc1C. The van der Waals surface area contributed by atoms with Crippen LogP contribution < -0.4 is 15.4 Å². The van der Waals surface area contributed by atoms with E-state index in [-0.39, 0.29) is 12.1 Å². The summed E-state index contributed by atoms with van der Waals surface area (Å²) >= 11 is 0. The number of hydrogen-bond acceptors (Lipinski definition) is 2. The normalized spacial score (nSPS) is 10.2. The Kier molecular flexibility index (Phi) is 4.82. The van der Waals surface area contributed by atoms with Gasteiger partial charge in [0.25, 0.3) is 0 Å². The summed E-state index contributed by atoms with van der Waals surface area (Å²) in [4.78, 5) is 11.5. The molecule has 0 atom stereocenters. The standard InChI is InChI=1S/C13H20N2O2/c1-5-17-12-8-11(7-6-10(12)4)15-13(16)14-9(2)3/h6-9H,5H2,1-4H3,(H2,14,15,16). The fourth-order valence-corrected chi connectivity index (χ4v) is 1.42. The molecule has 0 aromatic heterocycles. The van der Waals surface area contributed by atoms with Crippen molar-refractivity contribution in [3.63, 3.8) is 0 Å². The third-order valence-electron chi connectivity index (χ3n) is 2.17. The number of amides is 2. The summed E-state index contributed by atoms with van der Waals surface area (Å²) in [6.07, 6.45) is 0. The number of nitrogens with one attached hydrogen (secondary N) is 2. The molecule has 0 radical (unpaired) electrons. The maximum atomic E-state index is 11.5. The first kappa shape index (κ1) is 13.4. The topological polar surface area (TPSA) is 50.4 Å². The van der Waals surface area contributed by atoms with Crippen molar-refractivity contribution in [2.24, 2.45) is 0 Å².